The molecule has 1 aromatic rings. The molecule has 0 saturated carbocycles. The lowest BCUT2D eigenvalue weighted by Gasteiger charge is -2.05. The van der Waals surface area contributed by atoms with E-state index >= 15 is 0 Å². The zero-order valence-electron chi connectivity index (χ0n) is 10.3. The molecular formula is C15H19ClO. The first-order chi connectivity index (χ1) is 8.36. The molecule has 0 aromatic heterocycles. The van der Waals surface area contributed by atoms with Gasteiger partial charge in [0.2, 0.25) is 0 Å². The van der Waals surface area contributed by atoms with E-state index in [1.54, 1.807) is 0 Å². The first kappa shape index (κ1) is 13.9. The van der Waals surface area contributed by atoms with Gasteiger partial charge >= 0.3 is 0 Å². The number of unbranched alkanes of at least 4 members (excludes halogenated alkanes) is 3. The molecule has 1 aromatic carbocycles. The van der Waals surface area contributed by atoms with Crippen molar-refractivity contribution in [3.8, 4) is 17.6 Å². The van der Waals surface area contributed by atoms with E-state index in [1.807, 2.05) is 24.3 Å². The Balaban J connectivity index is 2.38. The normalized spacial score (nSPS) is 9.53. The minimum atomic E-state index is 0.363. The number of alkyl halides is 1. The van der Waals surface area contributed by atoms with Gasteiger partial charge in [-0.2, -0.15) is 0 Å². The highest BCUT2D eigenvalue weighted by Crippen LogP contribution is 2.13. The van der Waals surface area contributed by atoms with Crippen LogP contribution in [0.2, 0.25) is 0 Å². The molecule has 92 valence electrons. The molecule has 17 heavy (non-hydrogen) atoms. The third kappa shape index (κ3) is 6.24. The van der Waals surface area contributed by atoms with Crippen molar-refractivity contribution < 1.29 is 4.74 Å². The Labute approximate surface area is 109 Å². The zero-order valence-corrected chi connectivity index (χ0v) is 11.1. The Morgan fingerprint density at radius 1 is 1.24 bits per heavy atom. The maximum absolute atomic E-state index is 5.67. The summed E-state index contributed by atoms with van der Waals surface area (Å²) in [5.41, 5.74) is 0.955. The van der Waals surface area contributed by atoms with Gasteiger partial charge in [-0.25, -0.2) is 0 Å². The van der Waals surface area contributed by atoms with Crippen molar-refractivity contribution in [1.82, 2.24) is 0 Å². The highest BCUT2D eigenvalue weighted by Gasteiger charge is 1.95. The predicted molar refractivity (Wildman–Crippen MR) is 73.7 cm³/mol. The van der Waals surface area contributed by atoms with Gasteiger partial charge in [0.05, 0.1) is 12.5 Å². The average molecular weight is 251 g/mol. The molecule has 2 heteroatoms. The van der Waals surface area contributed by atoms with Gasteiger partial charge < -0.3 is 4.74 Å². The van der Waals surface area contributed by atoms with E-state index in [0.29, 0.717) is 5.88 Å². The topological polar surface area (TPSA) is 9.23 Å². The van der Waals surface area contributed by atoms with Gasteiger partial charge in [-0.05, 0) is 24.6 Å². The number of halogens is 1. The van der Waals surface area contributed by atoms with Crippen molar-refractivity contribution in [3.63, 3.8) is 0 Å². The predicted octanol–water partition coefficient (Wildman–Crippen LogP) is 4.24. The second-order valence-corrected chi connectivity index (χ2v) is 4.14. The van der Waals surface area contributed by atoms with E-state index in [9.17, 15) is 0 Å². The van der Waals surface area contributed by atoms with Crippen molar-refractivity contribution in [2.75, 3.05) is 12.5 Å². The lowest BCUT2D eigenvalue weighted by atomic mass is 10.2. The van der Waals surface area contributed by atoms with Gasteiger partial charge in [0.1, 0.15) is 5.75 Å². The van der Waals surface area contributed by atoms with Crippen LogP contribution in [0.4, 0.5) is 0 Å². The van der Waals surface area contributed by atoms with Gasteiger partial charge in [-0.1, -0.05) is 44.1 Å². The summed E-state index contributed by atoms with van der Waals surface area (Å²) >= 11 is 5.52. The molecule has 0 heterocycles. The summed E-state index contributed by atoms with van der Waals surface area (Å²) in [6, 6.07) is 7.84. The van der Waals surface area contributed by atoms with E-state index in [0.717, 1.165) is 24.3 Å². The second-order valence-electron chi connectivity index (χ2n) is 3.87. The molecular weight excluding hydrogens is 232 g/mol. The Morgan fingerprint density at radius 2 is 2.12 bits per heavy atom. The van der Waals surface area contributed by atoms with E-state index in [4.69, 9.17) is 16.3 Å². The number of hydrogen-bond donors (Lipinski definition) is 0. The molecule has 0 aliphatic heterocycles. The highest BCUT2D eigenvalue weighted by atomic mass is 35.5. The molecule has 1 rings (SSSR count). The van der Waals surface area contributed by atoms with Crippen LogP contribution in [0.1, 0.15) is 38.2 Å². The van der Waals surface area contributed by atoms with Gasteiger partial charge in [0, 0.05) is 5.56 Å². The minimum absolute atomic E-state index is 0.363. The Kier molecular flexibility index (Phi) is 7.34. The molecule has 0 aliphatic carbocycles. The summed E-state index contributed by atoms with van der Waals surface area (Å²) in [4.78, 5) is 0. The smallest absolute Gasteiger partial charge is 0.120 e. The van der Waals surface area contributed by atoms with Crippen LogP contribution < -0.4 is 4.74 Å². The molecule has 0 spiro atoms. The minimum Gasteiger partial charge on any atom is -0.494 e. The van der Waals surface area contributed by atoms with Crippen LogP contribution in [0.25, 0.3) is 0 Å². The van der Waals surface area contributed by atoms with Crippen LogP contribution in [0.3, 0.4) is 0 Å². The standard InChI is InChI=1S/C15H19ClO/c1-2-3-4-5-12-17-15-10-6-8-14(13-15)9-7-11-16/h6,8,10,13H,2-5,11-12H2,1H3. The number of rotatable bonds is 6. The molecule has 0 atom stereocenters. The van der Waals surface area contributed by atoms with E-state index < -0.39 is 0 Å². The first-order valence-electron chi connectivity index (χ1n) is 6.14. The SMILES string of the molecule is CCCCCCOc1cccc(C#CCCl)c1. The van der Waals surface area contributed by atoms with Gasteiger partial charge in [-0.15, -0.1) is 11.6 Å². The Hall–Kier alpha value is -1.13. The van der Waals surface area contributed by atoms with Gasteiger partial charge in [0.25, 0.3) is 0 Å². The van der Waals surface area contributed by atoms with Crippen molar-refractivity contribution in [1.29, 1.82) is 0 Å². The summed E-state index contributed by atoms with van der Waals surface area (Å²) in [6.07, 6.45) is 4.89. The molecule has 0 saturated heterocycles. The number of benzene rings is 1. The maximum Gasteiger partial charge on any atom is 0.120 e. The Bertz CT molecular complexity index is 376. The van der Waals surface area contributed by atoms with Crippen LogP contribution >= 0.6 is 11.6 Å². The third-order valence-electron chi connectivity index (χ3n) is 2.40. The summed E-state index contributed by atoms with van der Waals surface area (Å²) < 4.78 is 5.67. The lowest BCUT2D eigenvalue weighted by Crippen LogP contribution is -1.97. The van der Waals surface area contributed by atoms with Crippen LogP contribution in [-0.2, 0) is 0 Å². The fourth-order valence-electron chi connectivity index (χ4n) is 1.52. The largest absolute Gasteiger partial charge is 0.494 e. The van der Waals surface area contributed by atoms with E-state index in [-0.39, 0.29) is 0 Å². The number of ether oxygens (including phenoxy) is 1. The second kappa shape index (κ2) is 8.96. The van der Waals surface area contributed by atoms with E-state index in [1.165, 1.54) is 19.3 Å². The monoisotopic (exact) mass is 250 g/mol. The number of hydrogen-bond acceptors (Lipinski definition) is 1. The maximum atomic E-state index is 5.67. The van der Waals surface area contributed by atoms with E-state index in [2.05, 4.69) is 18.8 Å². The first-order valence-corrected chi connectivity index (χ1v) is 6.68. The molecule has 0 N–H and O–H groups in total. The van der Waals surface area contributed by atoms with Crippen LogP contribution in [-0.4, -0.2) is 12.5 Å². The van der Waals surface area contributed by atoms with Gasteiger partial charge in [0.15, 0.2) is 0 Å². The molecule has 0 unspecified atom stereocenters. The summed E-state index contributed by atoms with van der Waals surface area (Å²) in [5, 5.41) is 0. The fourth-order valence-corrected chi connectivity index (χ4v) is 1.58. The highest BCUT2D eigenvalue weighted by molar-refractivity contribution is 6.19. The van der Waals surface area contributed by atoms with Crippen LogP contribution in [0.15, 0.2) is 24.3 Å². The van der Waals surface area contributed by atoms with Crippen molar-refractivity contribution >= 4 is 11.6 Å². The quantitative estimate of drug-likeness (QED) is 0.417. The van der Waals surface area contributed by atoms with Crippen LogP contribution in [0.5, 0.6) is 5.75 Å². The Morgan fingerprint density at radius 3 is 2.88 bits per heavy atom. The molecule has 0 amide bonds. The third-order valence-corrected chi connectivity index (χ3v) is 2.53. The molecule has 0 aliphatic rings. The lowest BCUT2D eigenvalue weighted by molar-refractivity contribution is 0.305. The molecule has 0 bridgehead atoms. The summed E-state index contributed by atoms with van der Waals surface area (Å²) in [7, 11) is 0. The average Bonchev–Trinajstić information content (AvgIpc) is 2.37. The van der Waals surface area contributed by atoms with Crippen molar-refractivity contribution in [2.45, 2.75) is 32.6 Å². The molecule has 0 radical (unpaired) electrons. The summed E-state index contributed by atoms with van der Waals surface area (Å²) in [5.74, 6) is 7.07. The van der Waals surface area contributed by atoms with Crippen LogP contribution in [0, 0.1) is 11.8 Å². The fraction of sp³-hybridized carbons (Fsp3) is 0.467. The van der Waals surface area contributed by atoms with Gasteiger partial charge in [-0.3, -0.25) is 0 Å². The van der Waals surface area contributed by atoms with Crippen molar-refractivity contribution in [2.24, 2.45) is 0 Å². The summed E-state index contributed by atoms with van der Waals surface area (Å²) in [6.45, 7) is 2.99. The van der Waals surface area contributed by atoms with Crippen molar-refractivity contribution in [3.05, 3.63) is 29.8 Å². The molecule has 1 nitrogen and oxygen atoms in total. The molecule has 0 fully saturated rings. The zero-order chi connectivity index (χ0) is 12.3.